The third-order valence-electron chi connectivity index (χ3n) is 2.29. The monoisotopic (exact) mass is 383 g/mol. The molecule has 0 saturated heterocycles. The van der Waals surface area contributed by atoms with Crippen LogP contribution in [-0.4, -0.2) is 47.4 Å². The molecule has 3 N–H and O–H groups in total. The van der Waals surface area contributed by atoms with E-state index >= 15 is 0 Å². The molecule has 0 aromatic carbocycles. The Morgan fingerprint density at radius 2 is 1.88 bits per heavy atom. The zero-order chi connectivity index (χ0) is 19.6. The molecule has 0 radical (unpaired) electrons. The lowest BCUT2D eigenvalue weighted by Gasteiger charge is -2.23. The normalized spacial score (nSPS) is 12.5. The Hall–Kier alpha value is -1.61. The van der Waals surface area contributed by atoms with E-state index in [1.54, 1.807) is 0 Å². The van der Waals surface area contributed by atoms with Gasteiger partial charge in [-0.25, -0.2) is 4.79 Å². The number of allylic oxidation sites excluding steroid dienone is 1. The number of hydrogen-bond donors (Lipinski definition) is 3. The van der Waals surface area contributed by atoms with E-state index in [9.17, 15) is 27.5 Å². The second kappa shape index (κ2) is 11.0. The SMILES string of the molecule is C=CC(=O)NC(C)(C)CS(=O)(=O)O.CC(=CCC[P+](=O)[O-])C(=O)O. The summed E-state index contributed by atoms with van der Waals surface area (Å²) in [5, 5.41) is 10.7. The number of carbonyl (C=O) groups excluding carboxylic acids is 1. The van der Waals surface area contributed by atoms with Crippen LogP contribution in [0.4, 0.5) is 0 Å². The van der Waals surface area contributed by atoms with E-state index in [0.29, 0.717) is 0 Å². The van der Waals surface area contributed by atoms with Crippen LogP contribution in [0.1, 0.15) is 27.2 Å². The molecule has 0 aliphatic carbocycles. The number of amides is 1. The third-order valence-corrected chi connectivity index (χ3v) is 4.00. The average molecular weight is 383 g/mol. The number of aliphatic carboxylic acids is 1. The number of carboxylic acids is 1. The summed E-state index contributed by atoms with van der Waals surface area (Å²) in [5.41, 5.74) is -0.819. The Kier molecular flexibility index (Phi) is 11.3. The minimum absolute atomic E-state index is 0.0138. The minimum Gasteiger partial charge on any atom is -0.596 e. The highest BCUT2D eigenvalue weighted by Crippen LogP contribution is 2.09. The van der Waals surface area contributed by atoms with E-state index in [1.807, 2.05) is 0 Å². The molecule has 0 bridgehead atoms. The van der Waals surface area contributed by atoms with Gasteiger partial charge >= 0.3 is 14.0 Å². The summed E-state index contributed by atoms with van der Waals surface area (Å²) in [6.45, 7) is 7.62. The molecule has 11 heteroatoms. The van der Waals surface area contributed by atoms with Crippen molar-refractivity contribution in [2.75, 3.05) is 11.9 Å². The highest BCUT2D eigenvalue weighted by molar-refractivity contribution is 7.85. The molecule has 0 fully saturated rings. The van der Waals surface area contributed by atoms with Gasteiger partial charge in [-0.05, 0) is 26.8 Å². The van der Waals surface area contributed by atoms with Gasteiger partial charge in [0.05, 0.1) is 11.3 Å². The Labute approximate surface area is 142 Å². The molecular weight excluding hydrogens is 361 g/mol. The van der Waals surface area contributed by atoms with Gasteiger partial charge in [0.1, 0.15) is 6.16 Å². The Morgan fingerprint density at radius 3 is 2.21 bits per heavy atom. The number of nitrogens with one attached hydrogen (secondary N) is 1. The maximum atomic E-state index is 10.8. The first-order chi connectivity index (χ1) is 10.7. The van der Waals surface area contributed by atoms with E-state index in [4.69, 9.17) is 9.66 Å². The van der Waals surface area contributed by atoms with Crippen LogP contribution < -0.4 is 10.2 Å². The van der Waals surface area contributed by atoms with Crippen LogP contribution in [0.5, 0.6) is 0 Å². The Balaban J connectivity index is 0. The zero-order valence-electron chi connectivity index (χ0n) is 13.7. The van der Waals surface area contributed by atoms with Gasteiger partial charge < -0.3 is 15.3 Å². The van der Waals surface area contributed by atoms with Gasteiger partial charge in [0.2, 0.25) is 5.91 Å². The fourth-order valence-electron chi connectivity index (χ4n) is 1.35. The fourth-order valence-corrected chi connectivity index (χ4v) is 2.67. The second-order valence-electron chi connectivity index (χ2n) is 5.34. The van der Waals surface area contributed by atoms with Crippen molar-refractivity contribution in [2.24, 2.45) is 0 Å². The van der Waals surface area contributed by atoms with Crippen molar-refractivity contribution in [3.63, 3.8) is 0 Å². The maximum absolute atomic E-state index is 10.8. The van der Waals surface area contributed by atoms with Gasteiger partial charge in [-0.15, -0.1) is 0 Å². The minimum atomic E-state index is -4.08. The van der Waals surface area contributed by atoms with Crippen molar-refractivity contribution in [3.8, 4) is 0 Å². The lowest BCUT2D eigenvalue weighted by atomic mass is 10.1. The van der Waals surface area contributed by atoms with E-state index in [-0.39, 0.29) is 18.2 Å². The highest BCUT2D eigenvalue weighted by Gasteiger charge is 2.25. The summed E-state index contributed by atoms with van der Waals surface area (Å²) < 4.78 is 39.5. The van der Waals surface area contributed by atoms with Crippen LogP contribution in [0.15, 0.2) is 24.3 Å². The van der Waals surface area contributed by atoms with Crippen LogP contribution in [0, 0.1) is 0 Å². The summed E-state index contributed by atoms with van der Waals surface area (Å²) in [6, 6.07) is 0. The first-order valence-electron chi connectivity index (χ1n) is 6.62. The summed E-state index contributed by atoms with van der Waals surface area (Å²) in [4.78, 5) is 31.0. The zero-order valence-corrected chi connectivity index (χ0v) is 15.4. The van der Waals surface area contributed by atoms with E-state index < -0.39 is 41.3 Å². The van der Waals surface area contributed by atoms with E-state index in [2.05, 4.69) is 11.9 Å². The Bertz CT molecular complexity index is 609. The van der Waals surface area contributed by atoms with Crippen molar-refractivity contribution in [1.29, 1.82) is 0 Å². The second-order valence-corrected chi connectivity index (χ2v) is 7.91. The summed E-state index contributed by atoms with van der Waals surface area (Å²) in [5.74, 6) is -2.01. The van der Waals surface area contributed by atoms with Crippen LogP contribution in [-0.2, 0) is 24.3 Å². The molecule has 0 aromatic heterocycles. The summed E-state index contributed by atoms with van der Waals surface area (Å²) in [7, 11) is -6.47. The van der Waals surface area contributed by atoms with Crippen LogP contribution >= 0.6 is 8.03 Å². The molecule has 1 atom stereocenters. The van der Waals surface area contributed by atoms with Crippen molar-refractivity contribution >= 4 is 30.0 Å². The van der Waals surface area contributed by atoms with Gasteiger partial charge in [0.15, 0.2) is 0 Å². The molecule has 0 aliphatic rings. The quantitative estimate of drug-likeness (QED) is 0.309. The lowest BCUT2D eigenvalue weighted by Crippen LogP contribution is -2.47. The van der Waals surface area contributed by atoms with Gasteiger partial charge in [0.25, 0.3) is 10.1 Å². The van der Waals surface area contributed by atoms with Crippen LogP contribution in [0.2, 0.25) is 0 Å². The molecule has 0 spiro atoms. The molecule has 0 saturated carbocycles. The highest BCUT2D eigenvalue weighted by atomic mass is 32.2. The van der Waals surface area contributed by atoms with E-state index in [0.717, 1.165) is 6.08 Å². The molecule has 0 heterocycles. The van der Waals surface area contributed by atoms with Crippen molar-refractivity contribution in [3.05, 3.63) is 24.3 Å². The molecule has 0 aromatic rings. The summed E-state index contributed by atoms with van der Waals surface area (Å²) in [6.07, 6.45) is 2.72. The molecule has 138 valence electrons. The third kappa shape index (κ3) is 16.8. The van der Waals surface area contributed by atoms with Gasteiger partial charge in [-0.1, -0.05) is 17.2 Å². The van der Waals surface area contributed by atoms with Gasteiger partial charge in [-0.2, -0.15) is 8.42 Å². The largest absolute Gasteiger partial charge is 0.596 e. The van der Waals surface area contributed by atoms with Crippen molar-refractivity contribution < 1.29 is 37.1 Å². The first-order valence-corrected chi connectivity index (χ1v) is 9.59. The molecule has 1 amide bonds. The van der Waals surface area contributed by atoms with Crippen molar-refractivity contribution in [1.82, 2.24) is 5.32 Å². The van der Waals surface area contributed by atoms with Gasteiger partial charge in [0, 0.05) is 12.0 Å². The molecule has 24 heavy (non-hydrogen) atoms. The summed E-state index contributed by atoms with van der Waals surface area (Å²) >= 11 is 0. The molecule has 0 rings (SSSR count). The van der Waals surface area contributed by atoms with E-state index in [1.165, 1.54) is 26.8 Å². The maximum Gasteiger partial charge on any atom is 0.330 e. The topological polar surface area (TPSA) is 161 Å². The van der Waals surface area contributed by atoms with Gasteiger partial charge in [-0.3, -0.25) is 9.35 Å². The number of carbonyl (C=O) groups is 2. The standard InChI is InChI=1S/C7H13NO4S.C6H9O4P/c1-4-6(9)8-7(2,3)5-13(10,11)12;1-5(6(7)8)3-2-4-11(9)10/h4H,1,5H2,2-3H3,(H,8,9)(H,10,11,12);3H,2,4H2,1H3,(H,7,8). The molecule has 0 aliphatic heterocycles. The lowest BCUT2D eigenvalue weighted by molar-refractivity contribution is -0.164. The predicted molar refractivity (Wildman–Crippen MR) is 87.3 cm³/mol. The average Bonchev–Trinajstić information content (AvgIpc) is 2.34. The molecular formula is C13H22NO8PS. The smallest absolute Gasteiger partial charge is 0.330 e. The Morgan fingerprint density at radius 1 is 1.38 bits per heavy atom. The van der Waals surface area contributed by atoms with Crippen LogP contribution in [0.3, 0.4) is 0 Å². The molecule has 9 nitrogen and oxygen atoms in total. The molecule has 1 unspecified atom stereocenters. The number of rotatable bonds is 8. The number of carboxylic acid groups (broad SMARTS) is 1. The van der Waals surface area contributed by atoms with Crippen LogP contribution in [0.25, 0.3) is 0 Å². The fraction of sp³-hybridized carbons (Fsp3) is 0.538. The number of hydrogen-bond acceptors (Lipinski definition) is 6. The van der Waals surface area contributed by atoms with Crippen molar-refractivity contribution in [2.45, 2.75) is 32.7 Å². The predicted octanol–water partition coefficient (Wildman–Crippen LogP) is 0.465. The first kappa shape index (κ1) is 24.6.